The van der Waals surface area contributed by atoms with Crippen molar-refractivity contribution in [3.63, 3.8) is 0 Å². The summed E-state index contributed by atoms with van der Waals surface area (Å²) in [6.45, 7) is 0. The molecule has 205 valence electrons. The van der Waals surface area contributed by atoms with E-state index in [1.54, 1.807) is 30.5 Å². The molecule has 13 heteroatoms. The molecule has 0 amide bonds. The molecule has 3 aromatic rings. The van der Waals surface area contributed by atoms with Gasteiger partial charge in [-0.3, -0.25) is 14.4 Å². The van der Waals surface area contributed by atoms with E-state index in [9.17, 15) is 50.9 Å². The molecule has 1 aromatic heterocycles. The first-order valence-corrected chi connectivity index (χ1v) is 9.96. The summed E-state index contributed by atoms with van der Waals surface area (Å²) in [5.41, 5.74) is 0.0488. The molecule has 0 unspecified atom stereocenters. The van der Waals surface area contributed by atoms with Crippen molar-refractivity contribution in [3.05, 3.63) is 130 Å². The first kappa shape index (κ1) is 33.9. The van der Waals surface area contributed by atoms with Crippen LogP contribution in [0.25, 0.3) is 0 Å². The summed E-state index contributed by atoms with van der Waals surface area (Å²) < 4.78 is 70.8. The van der Waals surface area contributed by atoms with E-state index in [4.69, 9.17) is 0 Å². The number of pyridine rings is 1. The molecular formula is C25H17CuF6NO5. The second-order valence-electron chi connectivity index (χ2n) is 6.70. The third-order valence-corrected chi connectivity index (χ3v) is 3.88. The van der Waals surface area contributed by atoms with Gasteiger partial charge in [-0.05, 0) is 29.7 Å². The van der Waals surface area contributed by atoms with Crippen LogP contribution in [0.5, 0.6) is 0 Å². The minimum atomic E-state index is -5.00. The maximum Gasteiger partial charge on any atom is 2.00 e. The second-order valence-corrected chi connectivity index (χ2v) is 6.70. The molecule has 0 spiro atoms. The van der Waals surface area contributed by atoms with Gasteiger partial charge in [-0.2, -0.15) is 26.3 Å². The number of aromatic amines is 1. The van der Waals surface area contributed by atoms with Crippen LogP contribution in [-0.4, -0.2) is 28.9 Å². The van der Waals surface area contributed by atoms with Crippen LogP contribution in [-0.2, 0) is 17.1 Å². The monoisotopic (exact) mass is 588 g/mol. The number of rotatable bonds is 4. The number of allylic oxidation sites excluding steroid dienone is 4. The molecule has 0 atom stereocenters. The van der Waals surface area contributed by atoms with Crippen LogP contribution in [0, 0.1) is 0 Å². The number of hydrogen-bond acceptors (Lipinski definition) is 5. The Morgan fingerprint density at radius 3 is 1.21 bits per heavy atom. The fraction of sp³-hybridized carbons (Fsp3) is 0.0800. The summed E-state index contributed by atoms with van der Waals surface area (Å²) in [4.78, 5) is 34.9. The van der Waals surface area contributed by atoms with Crippen molar-refractivity contribution in [3.8, 4) is 0 Å². The van der Waals surface area contributed by atoms with Crippen LogP contribution in [0.4, 0.5) is 26.3 Å². The van der Waals surface area contributed by atoms with Crippen LogP contribution < -0.4 is 15.8 Å². The second kappa shape index (κ2) is 15.9. The van der Waals surface area contributed by atoms with Gasteiger partial charge in [0.25, 0.3) is 0 Å². The normalized spacial score (nSPS) is 11.5. The number of aromatic nitrogens is 1. The number of nitrogens with one attached hydrogen (secondary N) is 1. The number of hydrogen-bond donors (Lipinski definition) is 1. The van der Waals surface area contributed by atoms with Crippen LogP contribution in [0.1, 0.15) is 20.7 Å². The number of alkyl halides is 6. The van der Waals surface area contributed by atoms with E-state index < -0.39 is 35.4 Å². The van der Waals surface area contributed by atoms with Gasteiger partial charge in [0.1, 0.15) is 0 Å². The summed E-state index contributed by atoms with van der Waals surface area (Å²) in [5.74, 6) is -6.18. The Balaban J connectivity index is 0.000000566. The largest absolute Gasteiger partial charge is 2.00 e. The van der Waals surface area contributed by atoms with E-state index >= 15 is 0 Å². The van der Waals surface area contributed by atoms with Gasteiger partial charge >= 0.3 is 29.4 Å². The van der Waals surface area contributed by atoms with Gasteiger partial charge in [-0.25, -0.2) is 0 Å². The molecule has 1 heterocycles. The van der Waals surface area contributed by atoms with E-state index in [0.717, 1.165) is 0 Å². The standard InChI is InChI=1S/2C10H7F3O2.C5H5NO.Cu/c2*11-10(12,13)9(15)6-8(14)7-4-2-1-3-5-7;7-5-3-1-2-4-6-5;/h2*1-6,15H;1-4H,(H,6,7);/q;;;+2/p-2/b2*9-6-;;. The number of carbonyl (C=O) groups excluding carboxylic acids is 2. The number of benzene rings is 2. The van der Waals surface area contributed by atoms with Gasteiger partial charge in [-0.1, -0.05) is 66.7 Å². The number of halogens is 6. The van der Waals surface area contributed by atoms with E-state index in [2.05, 4.69) is 4.98 Å². The predicted molar refractivity (Wildman–Crippen MR) is 117 cm³/mol. The molecule has 0 bridgehead atoms. The maximum absolute atomic E-state index is 11.8. The van der Waals surface area contributed by atoms with Crippen molar-refractivity contribution in [2.75, 3.05) is 0 Å². The SMILES string of the molecule is O=C(/C=C(\[O-])C(F)(F)F)c1ccccc1.O=C(/C=C(\[O-])C(F)(F)F)c1ccccc1.O=c1cccc[nH]1.[Cu+2]. The Bertz CT molecular complexity index is 1180. The zero-order valence-corrected chi connectivity index (χ0v) is 19.8. The summed E-state index contributed by atoms with van der Waals surface area (Å²) in [7, 11) is 0. The smallest absolute Gasteiger partial charge is 0.869 e. The van der Waals surface area contributed by atoms with E-state index in [1.807, 2.05) is 0 Å². The third-order valence-electron chi connectivity index (χ3n) is 3.88. The summed E-state index contributed by atoms with van der Waals surface area (Å²) >= 11 is 0. The van der Waals surface area contributed by atoms with Gasteiger partial charge in [-0.15, -0.1) is 0 Å². The molecule has 6 nitrogen and oxygen atoms in total. The first-order chi connectivity index (χ1) is 17.2. The Morgan fingerprint density at radius 2 is 0.974 bits per heavy atom. The molecule has 1 N–H and O–H groups in total. The molecule has 1 radical (unpaired) electrons. The average Bonchev–Trinajstić information content (AvgIpc) is 2.85. The molecule has 2 aromatic carbocycles. The Kier molecular flexibility index (Phi) is 14.2. The van der Waals surface area contributed by atoms with Crippen molar-refractivity contribution < 1.29 is 63.2 Å². The van der Waals surface area contributed by atoms with Gasteiger partial charge in [0.05, 0.1) is 0 Å². The molecular weight excluding hydrogens is 572 g/mol. The Labute approximate surface area is 222 Å². The zero-order valence-electron chi connectivity index (χ0n) is 18.8. The molecule has 0 aliphatic rings. The van der Waals surface area contributed by atoms with Crippen molar-refractivity contribution >= 4 is 11.6 Å². The fourth-order valence-electron chi connectivity index (χ4n) is 2.15. The average molecular weight is 589 g/mol. The Hall–Kier alpha value is -4.09. The van der Waals surface area contributed by atoms with Gasteiger partial charge in [0.2, 0.25) is 5.56 Å². The van der Waals surface area contributed by atoms with Crippen molar-refractivity contribution in [1.29, 1.82) is 0 Å². The number of ketones is 2. The number of carbonyl (C=O) groups is 2. The topological polar surface area (TPSA) is 113 Å². The molecule has 0 saturated heterocycles. The van der Waals surface area contributed by atoms with Crippen LogP contribution >= 0.6 is 0 Å². The Morgan fingerprint density at radius 1 is 0.632 bits per heavy atom. The van der Waals surface area contributed by atoms with Crippen LogP contribution in [0.15, 0.2) is 114 Å². The molecule has 38 heavy (non-hydrogen) atoms. The maximum atomic E-state index is 11.8. The molecule has 3 rings (SSSR count). The summed E-state index contributed by atoms with van der Waals surface area (Å²) in [6.07, 6.45) is -8.29. The molecule has 0 fully saturated rings. The van der Waals surface area contributed by atoms with E-state index in [-0.39, 0.29) is 45.9 Å². The minimum absolute atomic E-state index is 0. The molecule has 0 saturated carbocycles. The fourth-order valence-corrected chi connectivity index (χ4v) is 2.15. The van der Waals surface area contributed by atoms with Crippen molar-refractivity contribution in [2.24, 2.45) is 0 Å². The van der Waals surface area contributed by atoms with E-state index in [1.165, 1.54) is 54.6 Å². The summed E-state index contributed by atoms with van der Waals surface area (Å²) in [6, 6.07) is 19.5. The van der Waals surface area contributed by atoms with E-state index in [0.29, 0.717) is 0 Å². The predicted octanol–water partition coefficient (Wildman–Crippen LogP) is 3.72. The summed E-state index contributed by atoms with van der Waals surface area (Å²) in [5, 5.41) is 20.9. The van der Waals surface area contributed by atoms with Gasteiger partial charge in [0, 0.05) is 23.4 Å². The zero-order chi connectivity index (χ0) is 28.1. The molecule has 0 aliphatic carbocycles. The van der Waals surface area contributed by atoms with Crippen LogP contribution in [0.3, 0.4) is 0 Å². The third kappa shape index (κ3) is 13.3. The quantitative estimate of drug-likeness (QED) is 0.164. The number of H-pyrrole nitrogens is 1. The minimum Gasteiger partial charge on any atom is -0.869 e. The van der Waals surface area contributed by atoms with Crippen molar-refractivity contribution in [2.45, 2.75) is 12.4 Å². The molecule has 0 aliphatic heterocycles. The first-order valence-electron chi connectivity index (χ1n) is 9.96. The van der Waals surface area contributed by atoms with Crippen LogP contribution in [0.2, 0.25) is 0 Å². The van der Waals surface area contributed by atoms with Gasteiger partial charge < -0.3 is 15.2 Å². The van der Waals surface area contributed by atoms with Gasteiger partial charge in [0.15, 0.2) is 11.6 Å². The van der Waals surface area contributed by atoms with Crippen molar-refractivity contribution in [1.82, 2.24) is 4.98 Å².